The first kappa shape index (κ1) is 21.2. The molecule has 7 nitrogen and oxygen atoms in total. The lowest BCUT2D eigenvalue weighted by molar-refractivity contribution is -0.119. The zero-order valence-electron chi connectivity index (χ0n) is 16.1. The van der Waals surface area contributed by atoms with E-state index >= 15 is 0 Å². The van der Waals surface area contributed by atoms with Gasteiger partial charge >= 0.3 is 0 Å². The fourth-order valence-electron chi connectivity index (χ4n) is 2.92. The molecule has 0 aliphatic carbocycles. The second-order valence-electron chi connectivity index (χ2n) is 6.63. The molecule has 0 spiro atoms. The van der Waals surface area contributed by atoms with E-state index in [9.17, 15) is 18.0 Å². The highest BCUT2D eigenvalue weighted by atomic mass is 32.2. The standard InChI is InChI=1S/C20H23N3O4S2/c1-16(24)21-15-18-7-8-19(28-18)20(25)22-10-12-23(13-11-22)29(26,27)14-9-17-5-3-2-4-6-17/h2-9,14H,10-13,15H2,1H3,(H,21,24)/b14-9+. The van der Waals surface area contributed by atoms with E-state index in [1.807, 2.05) is 36.4 Å². The second kappa shape index (κ2) is 9.34. The summed E-state index contributed by atoms with van der Waals surface area (Å²) in [5, 5.41) is 3.92. The molecule has 2 aromatic rings. The van der Waals surface area contributed by atoms with Gasteiger partial charge in [-0.25, -0.2) is 8.42 Å². The summed E-state index contributed by atoms with van der Waals surface area (Å²) in [5.41, 5.74) is 0.817. The molecule has 9 heteroatoms. The van der Waals surface area contributed by atoms with Crippen LogP contribution in [0.2, 0.25) is 0 Å². The molecule has 0 atom stereocenters. The van der Waals surface area contributed by atoms with Crippen LogP contribution in [0.3, 0.4) is 0 Å². The van der Waals surface area contributed by atoms with Crippen molar-refractivity contribution in [3.8, 4) is 0 Å². The molecular weight excluding hydrogens is 410 g/mol. The van der Waals surface area contributed by atoms with Crippen molar-refractivity contribution in [1.82, 2.24) is 14.5 Å². The number of piperazine rings is 1. The number of amides is 2. The van der Waals surface area contributed by atoms with Crippen LogP contribution < -0.4 is 5.32 Å². The average Bonchev–Trinajstić information content (AvgIpc) is 3.20. The SMILES string of the molecule is CC(=O)NCc1ccc(C(=O)N2CCN(S(=O)(=O)/C=C/c3ccccc3)CC2)s1. The van der Waals surface area contributed by atoms with Gasteiger partial charge in [-0.15, -0.1) is 11.3 Å². The minimum Gasteiger partial charge on any atom is -0.351 e. The van der Waals surface area contributed by atoms with E-state index in [4.69, 9.17) is 0 Å². The van der Waals surface area contributed by atoms with Crippen LogP contribution in [0, 0.1) is 0 Å². The Hall–Kier alpha value is -2.49. The zero-order valence-corrected chi connectivity index (χ0v) is 17.7. The fraction of sp³-hybridized carbons (Fsp3) is 0.300. The van der Waals surface area contributed by atoms with E-state index in [1.165, 1.54) is 28.0 Å². The number of thiophene rings is 1. The molecule has 2 heterocycles. The number of carbonyl (C=O) groups is 2. The minimum absolute atomic E-state index is 0.110. The normalized spacial score (nSPS) is 15.6. The average molecular weight is 434 g/mol. The summed E-state index contributed by atoms with van der Waals surface area (Å²) in [5.74, 6) is -0.231. The highest BCUT2D eigenvalue weighted by Crippen LogP contribution is 2.20. The molecule has 0 radical (unpaired) electrons. The third-order valence-corrected chi connectivity index (χ3v) is 7.14. The number of benzene rings is 1. The van der Waals surface area contributed by atoms with Gasteiger partial charge in [-0.1, -0.05) is 30.3 Å². The van der Waals surface area contributed by atoms with Crippen molar-refractivity contribution in [1.29, 1.82) is 0 Å². The van der Waals surface area contributed by atoms with Gasteiger partial charge in [0, 0.05) is 43.4 Å². The summed E-state index contributed by atoms with van der Waals surface area (Å²) in [6.45, 7) is 3.05. The molecule has 0 saturated carbocycles. The molecule has 154 valence electrons. The van der Waals surface area contributed by atoms with Crippen molar-refractivity contribution in [2.45, 2.75) is 13.5 Å². The van der Waals surface area contributed by atoms with E-state index in [0.29, 0.717) is 24.5 Å². The van der Waals surface area contributed by atoms with Crippen LogP contribution in [0.15, 0.2) is 47.9 Å². The summed E-state index contributed by atoms with van der Waals surface area (Å²) in [6, 6.07) is 12.8. The summed E-state index contributed by atoms with van der Waals surface area (Å²) in [7, 11) is -3.53. The second-order valence-corrected chi connectivity index (χ2v) is 9.61. The van der Waals surface area contributed by atoms with Crippen molar-refractivity contribution in [3.05, 3.63) is 63.2 Å². The van der Waals surface area contributed by atoms with E-state index in [-0.39, 0.29) is 24.9 Å². The fourth-order valence-corrected chi connectivity index (χ4v) is 5.00. The Balaban J connectivity index is 1.56. The van der Waals surface area contributed by atoms with Gasteiger partial charge in [-0.2, -0.15) is 4.31 Å². The largest absolute Gasteiger partial charge is 0.351 e. The smallest absolute Gasteiger partial charge is 0.264 e. The Morgan fingerprint density at radius 3 is 2.41 bits per heavy atom. The molecule has 1 aliphatic heterocycles. The van der Waals surface area contributed by atoms with Crippen LogP contribution >= 0.6 is 11.3 Å². The summed E-state index contributed by atoms with van der Waals surface area (Å²) >= 11 is 1.34. The Kier molecular flexibility index (Phi) is 6.83. The maximum Gasteiger partial charge on any atom is 0.264 e. The number of hydrogen-bond donors (Lipinski definition) is 1. The number of rotatable bonds is 6. The molecule has 2 amide bonds. The first-order chi connectivity index (χ1) is 13.8. The predicted molar refractivity (Wildman–Crippen MR) is 114 cm³/mol. The number of sulfonamides is 1. The van der Waals surface area contributed by atoms with E-state index in [1.54, 1.807) is 17.0 Å². The third-order valence-electron chi connectivity index (χ3n) is 4.50. The lowest BCUT2D eigenvalue weighted by atomic mass is 10.2. The topological polar surface area (TPSA) is 86.8 Å². The number of carbonyl (C=O) groups excluding carboxylic acids is 2. The van der Waals surface area contributed by atoms with Crippen LogP contribution in [0.5, 0.6) is 0 Å². The molecule has 0 unspecified atom stereocenters. The van der Waals surface area contributed by atoms with Gasteiger partial charge in [-0.05, 0) is 23.8 Å². The van der Waals surface area contributed by atoms with Crippen LogP contribution in [0.25, 0.3) is 6.08 Å². The van der Waals surface area contributed by atoms with Crippen LogP contribution in [0.1, 0.15) is 27.0 Å². The zero-order chi connectivity index (χ0) is 20.9. The quantitative estimate of drug-likeness (QED) is 0.756. The van der Waals surface area contributed by atoms with Crippen molar-refractivity contribution in [3.63, 3.8) is 0 Å². The lowest BCUT2D eigenvalue weighted by Gasteiger charge is -2.33. The molecule has 1 saturated heterocycles. The van der Waals surface area contributed by atoms with Crippen molar-refractivity contribution < 1.29 is 18.0 Å². The first-order valence-electron chi connectivity index (χ1n) is 9.21. The van der Waals surface area contributed by atoms with Crippen molar-refractivity contribution in [2.24, 2.45) is 0 Å². The van der Waals surface area contributed by atoms with Gasteiger partial charge in [0.05, 0.1) is 11.4 Å². The van der Waals surface area contributed by atoms with Gasteiger partial charge in [0.25, 0.3) is 5.91 Å². The highest BCUT2D eigenvalue weighted by Gasteiger charge is 2.28. The number of nitrogens with one attached hydrogen (secondary N) is 1. The van der Waals surface area contributed by atoms with Gasteiger partial charge < -0.3 is 10.2 Å². The van der Waals surface area contributed by atoms with Gasteiger partial charge in [0.1, 0.15) is 0 Å². The highest BCUT2D eigenvalue weighted by molar-refractivity contribution is 7.92. The molecule has 1 N–H and O–H groups in total. The summed E-state index contributed by atoms with van der Waals surface area (Å²) in [6.07, 6.45) is 1.58. The van der Waals surface area contributed by atoms with E-state index < -0.39 is 10.0 Å². The van der Waals surface area contributed by atoms with E-state index in [0.717, 1.165) is 10.4 Å². The Morgan fingerprint density at radius 1 is 1.07 bits per heavy atom. The molecule has 1 aliphatic rings. The molecular formula is C20H23N3O4S2. The van der Waals surface area contributed by atoms with Crippen LogP contribution in [-0.2, 0) is 21.4 Å². The molecule has 1 fully saturated rings. The Morgan fingerprint density at radius 2 is 1.76 bits per heavy atom. The molecule has 1 aromatic carbocycles. The number of hydrogen-bond acceptors (Lipinski definition) is 5. The maximum absolute atomic E-state index is 12.7. The summed E-state index contributed by atoms with van der Waals surface area (Å²) in [4.78, 5) is 26.8. The minimum atomic E-state index is -3.53. The number of nitrogens with zero attached hydrogens (tertiary/aromatic N) is 2. The van der Waals surface area contributed by atoms with Gasteiger partial charge in [0.2, 0.25) is 15.9 Å². The van der Waals surface area contributed by atoms with Gasteiger partial charge in [-0.3, -0.25) is 9.59 Å². The lowest BCUT2D eigenvalue weighted by Crippen LogP contribution is -2.49. The maximum atomic E-state index is 12.7. The monoisotopic (exact) mass is 433 g/mol. The molecule has 3 rings (SSSR count). The predicted octanol–water partition coefficient (Wildman–Crippen LogP) is 2.14. The van der Waals surface area contributed by atoms with E-state index in [2.05, 4.69) is 5.32 Å². The third kappa shape index (κ3) is 5.75. The molecule has 29 heavy (non-hydrogen) atoms. The molecule has 1 aromatic heterocycles. The van der Waals surface area contributed by atoms with Crippen molar-refractivity contribution in [2.75, 3.05) is 26.2 Å². The Bertz CT molecular complexity index is 992. The van der Waals surface area contributed by atoms with Crippen molar-refractivity contribution >= 4 is 39.3 Å². The van der Waals surface area contributed by atoms with Gasteiger partial charge in [0.15, 0.2) is 0 Å². The van der Waals surface area contributed by atoms with Crippen LogP contribution in [-0.4, -0.2) is 55.6 Å². The Labute approximate surface area is 174 Å². The summed E-state index contributed by atoms with van der Waals surface area (Å²) < 4.78 is 26.5. The molecule has 0 bridgehead atoms. The first-order valence-corrected chi connectivity index (χ1v) is 11.5. The van der Waals surface area contributed by atoms with Crippen LogP contribution in [0.4, 0.5) is 0 Å².